The first-order valence-corrected chi connectivity index (χ1v) is 5.53. The number of hydrogen-bond acceptors (Lipinski definition) is 2. The maximum absolute atomic E-state index is 9.85. The standard InChI is InChI=1S/C9H7Br2NO2/c10-5-4-7(14-9(5)11)8(13)6-2-1-3-12-6/h1-4,8,12-13H. The molecule has 0 aromatic carbocycles. The zero-order valence-electron chi connectivity index (χ0n) is 7.00. The molecule has 0 amide bonds. The normalized spacial score (nSPS) is 13.1. The van der Waals surface area contributed by atoms with E-state index >= 15 is 0 Å². The second kappa shape index (κ2) is 3.92. The first-order chi connectivity index (χ1) is 6.68. The SMILES string of the molecule is OC(c1ccc[nH]1)c1cc(Br)c(Br)o1. The van der Waals surface area contributed by atoms with Crippen molar-refractivity contribution in [3.8, 4) is 0 Å². The average Bonchev–Trinajstić information content (AvgIpc) is 2.76. The van der Waals surface area contributed by atoms with Crippen molar-refractivity contribution in [2.75, 3.05) is 0 Å². The predicted octanol–water partition coefficient (Wildman–Crippen LogP) is 3.21. The molecular weight excluding hydrogens is 314 g/mol. The van der Waals surface area contributed by atoms with Crippen molar-refractivity contribution in [1.82, 2.24) is 4.98 Å². The largest absolute Gasteiger partial charge is 0.450 e. The summed E-state index contributed by atoms with van der Waals surface area (Å²) in [6.07, 6.45) is 0.999. The van der Waals surface area contributed by atoms with Crippen LogP contribution >= 0.6 is 31.9 Å². The summed E-state index contributed by atoms with van der Waals surface area (Å²) >= 11 is 6.50. The van der Waals surface area contributed by atoms with Crippen LogP contribution in [0.4, 0.5) is 0 Å². The van der Waals surface area contributed by atoms with E-state index in [2.05, 4.69) is 36.8 Å². The molecule has 0 saturated heterocycles. The van der Waals surface area contributed by atoms with Gasteiger partial charge in [0.05, 0.1) is 10.2 Å². The van der Waals surface area contributed by atoms with Gasteiger partial charge in [0, 0.05) is 6.20 Å². The van der Waals surface area contributed by atoms with Crippen molar-refractivity contribution >= 4 is 31.9 Å². The smallest absolute Gasteiger partial charge is 0.183 e. The van der Waals surface area contributed by atoms with Crippen LogP contribution < -0.4 is 0 Å². The highest BCUT2D eigenvalue weighted by molar-refractivity contribution is 9.13. The Morgan fingerprint density at radius 1 is 1.43 bits per heavy atom. The lowest BCUT2D eigenvalue weighted by molar-refractivity contribution is 0.184. The van der Waals surface area contributed by atoms with Crippen molar-refractivity contribution in [3.05, 3.63) is 45.0 Å². The van der Waals surface area contributed by atoms with Crippen molar-refractivity contribution in [2.24, 2.45) is 0 Å². The molecule has 0 aliphatic carbocycles. The van der Waals surface area contributed by atoms with Crippen LogP contribution in [0, 0.1) is 0 Å². The maximum Gasteiger partial charge on any atom is 0.183 e. The summed E-state index contributed by atoms with van der Waals surface area (Å²) in [6.45, 7) is 0. The summed E-state index contributed by atoms with van der Waals surface area (Å²) in [5.41, 5.74) is 0.707. The Labute approximate surface area is 97.4 Å². The fraction of sp³-hybridized carbons (Fsp3) is 0.111. The molecule has 74 valence electrons. The number of furan rings is 1. The Hall–Kier alpha value is -0.520. The number of nitrogens with one attached hydrogen (secondary N) is 1. The van der Waals surface area contributed by atoms with E-state index < -0.39 is 6.10 Å². The van der Waals surface area contributed by atoms with Gasteiger partial charge in [-0.25, -0.2) is 0 Å². The van der Waals surface area contributed by atoms with Gasteiger partial charge in [-0.3, -0.25) is 0 Å². The van der Waals surface area contributed by atoms with E-state index in [1.54, 1.807) is 18.3 Å². The maximum atomic E-state index is 9.85. The number of rotatable bonds is 2. The quantitative estimate of drug-likeness (QED) is 0.892. The Morgan fingerprint density at radius 2 is 2.21 bits per heavy atom. The highest BCUT2D eigenvalue weighted by Gasteiger charge is 2.17. The molecule has 2 rings (SSSR count). The Kier molecular flexibility index (Phi) is 2.80. The molecule has 0 radical (unpaired) electrons. The van der Waals surface area contributed by atoms with Crippen LogP contribution in [-0.2, 0) is 0 Å². The zero-order valence-corrected chi connectivity index (χ0v) is 10.2. The molecule has 0 aliphatic heterocycles. The molecule has 0 aliphatic rings. The van der Waals surface area contributed by atoms with Crippen LogP contribution in [0.25, 0.3) is 0 Å². The number of aliphatic hydroxyl groups excluding tert-OH is 1. The van der Waals surface area contributed by atoms with Gasteiger partial charge in [-0.1, -0.05) is 0 Å². The second-order valence-electron chi connectivity index (χ2n) is 2.80. The second-order valence-corrected chi connectivity index (χ2v) is 4.37. The molecule has 2 N–H and O–H groups in total. The van der Waals surface area contributed by atoms with E-state index in [4.69, 9.17) is 4.42 Å². The minimum absolute atomic E-state index is 0.492. The summed E-state index contributed by atoms with van der Waals surface area (Å²) in [5, 5.41) is 9.85. The van der Waals surface area contributed by atoms with E-state index in [0.29, 0.717) is 16.1 Å². The summed E-state index contributed by atoms with van der Waals surface area (Å²) in [4.78, 5) is 2.92. The zero-order chi connectivity index (χ0) is 10.1. The molecule has 14 heavy (non-hydrogen) atoms. The lowest BCUT2D eigenvalue weighted by Gasteiger charge is -2.03. The Morgan fingerprint density at radius 3 is 2.71 bits per heavy atom. The minimum atomic E-state index is -0.757. The van der Waals surface area contributed by atoms with Gasteiger partial charge in [0.25, 0.3) is 0 Å². The number of aromatic nitrogens is 1. The van der Waals surface area contributed by atoms with Crippen molar-refractivity contribution in [3.63, 3.8) is 0 Å². The third kappa shape index (κ3) is 1.80. The molecule has 5 heteroatoms. The molecule has 1 unspecified atom stereocenters. The summed E-state index contributed by atoms with van der Waals surface area (Å²) in [5.74, 6) is 0.492. The van der Waals surface area contributed by atoms with E-state index in [1.807, 2.05) is 6.07 Å². The molecule has 2 aromatic rings. The van der Waals surface area contributed by atoms with Crippen LogP contribution in [0.15, 0.2) is 38.0 Å². The third-order valence-electron chi connectivity index (χ3n) is 1.85. The average molecular weight is 321 g/mol. The highest BCUT2D eigenvalue weighted by Crippen LogP contribution is 2.31. The number of aromatic amines is 1. The van der Waals surface area contributed by atoms with Gasteiger partial charge in [-0.2, -0.15) is 0 Å². The van der Waals surface area contributed by atoms with Crippen LogP contribution in [0.5, 0.6) is 0 Å². The van der Waals surface area contributed by atoms with Crippen molar-refractivity contribution in [1.29, 1.82) is 0 Å². The van der Waals surface area contributed by atoms with Crippen LogP contribution in [0.2, 0.25) is 0 Å². The topological polar surface area (TPSA) is 49.2 Å². The Balaban J connectivity index is 2.32. The summed E-state index contributed by atoms with van der Waals surface area (Å²) in [7, 11) is 0. The van der Waals surface area contributed by atoms with Crippen molar-refractivity contribution in [2.45, 2.75) is 6.10 Å². The van der Waals surface area contributed by atoms with Crippen LogP contribution in [-0.4, -0.2) is 10.1 Å². The number of aliphatic hydroxyl groups is 1. The molecule has 2 aromatic heterocycles. The Bertz CT molecular complexity index is 402. The van der Waals surface area contributed by atoms with E-state index in [0.717, 1.165) is 4.47 Å². The van der Waals surface area contributed by atoms with E-state index in [-0.39, 0.29) is 0 Å². The lowest BCUT2D eigenvalue weighted by atomic mass is 10.2. The van der Waals surface area contributed by atoms with Gasteiger partial charge in [0.15, 0.2) is 10.8 Å². The van der Waals surface area contributed by atoms with Gasteiger partial charge in [-0.05, 0) is 50.1 Å². The number of hydrogen-bond donors (Lipinski definition) is 2. The molecule has 0 fully saturated rings. The fourth-order valence-corrected chi connectivity index (χ4v) is 1.77. The van der Waals surface area contributed by atoms with Gasteiger partial charge in [-0.15, -0.1) is 0 Å². The van der Waals surface area contributed by atoms with Gasteiger partial charge in [0.1, 0.15) is 5.76 Å². The van der Waals surface area contributed by atoms with E-state index in [1.165, 1.54) is 0 Å². The number of H-pyrrole nitrogens is 1. The minimum Gasteiger partial charge on any atom is -0.450 e. The molecule has 0 bridgehead atoms. The molecular formula is C9H7Br2NO2. The number of halogens is 2. The van der Waals surface area contributed by atoms with Crippen LogP contribution in [0.1, 0.15) is 17.6 Å². The highest BCUT2D eigenvalue weighted by atomic mass is 79.9. The van der Waals surface area contributed by atoms with Crippen molar-refractivity contribution < 1.29 is 9.52 Å². The van der Waals surface area contributed by atoms with Gasteiger partial charge in [0.2, 0.25) is 0 Å². The summed E-state index contributed by atoms with van der Waals surface area (Å²) < 4.78 is 6.67. The molecule has 0 spiro atoms. The predicted molar refractivity (Wildman–Crippen MR) is 59.0 cm³/mol. The molecule has 1 atom stereocenters. The molecule has 2 heterocycles. The monoisotopic (exact) mass is 319 g/mol. The first-order valence-electron chi connectivity index (χ1n) is 3.94. The lowest BCUT2D eigenvalue weighted by Crippen LogP contribution is -1.97. The molecule has 3 nitrogen and oxygen atoms in total. The molecule has 0 saturated carbocycles. The fourth-order valence-electron chi connectivity index (χ4n) is 1.17. The van der Waals surface area contributed by atoms with E-state index in [9.17, 15) is 5.11 Å². The first kappa shape index (κ1) is 10.0. The van der Waals surface area contributed by atoms with Gasteiger partial charge >= 0.3 is 0 Å². The van der Waals surface area contributed by atoms with Gasteiger partial charge < -0.3 is 14.5 Å². The third-order valence-corrected chi connectivity index (χ3v) is 3.56. The summed E-state index contributed by atoms with van der Waals surface area (Å²) in [6, 6.07) is 5.36. The van der Waals surface area contributed by atoms with Crippen LogP contribution in [0.3, 0.4) is 0 Å².